The lowest BCUT2D eigenvalue weighted by Crippen LogP contribution is -2.08. The molecule has 0 aliphatic rings. The highest BCUT2D eigenvalue weighted by Gasteiger charge is 2.34. The number of hydrogen-bond donors (Lipinski definition) is 0. The number of rotatable bonds is 7. The van der Waals surface area contributed by atoms with Crippen LogP contribution in [0.15, 0.2) is 231 Å². The molecule has 2 aromatic heterocycles. The Labute approximate surface area is 390 Å². The Kier molecular flexibility index (Phi) is 9.67. The molecule has 0 amide bonds. The highest BCUT2D eigenvalue weighted by molar-refractivity contribution is 6.14. The normalized spacial score (nSPS) is 11.7. The van der Waals surface area contributed by atoms with E-state index in [2.05, 4.69) is 135 Å². The summed E-state index contributed by atoms with van der Waals surface area (Å²) in [6.07, 6.45) is -4.68. The molecule has 2 heterocycles. The van der Waals surface area contributed by atoms with Gasteiger partial charge in [-0.3, -0.25) is 0 Å². The van der Waals surface area contributed by atoms with Gasteiger partial charge in [0.05, 0.1) is 45.6 Å². The first-order chi connectivity index (χ1) is 33.3. The molecule has 12 rings (SSSR count). The van der Waals surface area contributed by atoms with E-state index in [4.69, 9.17) is 6.57 Å². The zero-order valence-electron chi connectivity index (χ0n) is 36.4. The lowest BCUT2D eigenvalue weighted by Gasteiger charge is -2.21. The Morgan fingerprint density at radius 3 is 0.985 bits per heavy atom. The van der Waals surface area contributed by atoms with Crippen LogP contribution in [0.3, 0.4) is 0 Å². The Hall–Kier alpha value is -8.92. The van der Waals surface area contributed by atoms with Crippen molar-refractivity contribution in [2.24, 2.45) is 0 Å². The van der Waals surface area contributed by atoms with Crippen molar-refractivity contribution < 1.29 is 13.2 Å². The predicted molar refractivity (Wildman–Crippen MR) is 274 cm³/mol. The van der Waals surface area contributed by atoms with Crippen LogP contribution in [-0.4, -0.2) is 9.13 Å². The maximum atomic E-state index is 15.1. The zero-order valence-corrected chi connectivity index (χ0v) is 36.4. The largest absolute Gasteiger partial charge is 0.416 e. The fraction of sp³-hybridized carbons (Fsp3) is 0.0161. The Bertz CT molecular complexity index is 3740. The van der Waals surface area contributed by atoms with Crippen LogP contribution in [0, 0.1) is 6.57 Å². The van der Waals surface area contributed by atoms with Crippen molar-refractivity contribution in [3.05, 3.63) is 248 Å². The molecule has 12 aromatic rings. The Balaban J connectivity index is 1.27. The molecule has 0 saturated carbocycles. The molecule has 0 radical (unpaired) electrons. The number of benzene rings is 10. The van der Waals surface area contributed by atoms with Crippen LogP contribution in [0.4, 0.5) is 18.9 Å². The molecule has 322 valence electrons. The van der Waals surface area contributed by atoms with E-state index in [9.17, 15) is 0 Å². The predicted octanol–water partition coefficient (Wildman–Crippen LogP) is 17.8. The van der Waals surface area contributed by atoms with Crippen LogP contribution in [0.25, 0.3) is 115 Å². The van der Waals surface area contributed by atoms with Crippen LogP contribution in [-0.2, 0) is 6.18 Å². The second-order valence-corrected chi connectivity index (χ2v) is 17.1. The van der Waals surface area contributed by atoms with Gasteiger partial charge >= 0.3 is 6.18 Å². The van der Waals surface area contributed by atoms with Crippen molar-refractivity contribution in [1.29, 1.82) is 0 Å². The first-order valence-corrected chi connectivity index (χ1v) is 22.4. The van der Waals surface area contributed by atoms with Gasteiger partial charge in [-0.2, -0.15) is 13.2 Å². The van der Waals surface area contributed by atoms with E-state index < -0.39 is 11.7 Å². The lowest BCUT2D eigenvalue weighted by molar-refractivity contribution is -0.137. The smallest absolute Gasteiger partial charge is 0.308 e. The molecule has 0 saturated heterocycles. The summed E-state index contributed by atoms with van der Waals surface area (Å²) in [6.45, 7) is 8.68. The minimum absolute atomic E-state index is 0.0607. The first-order valence-electron chi connectivity index (χ1n) is 22.4. The fourth-order valence-electron chi connectivity index (χ4n) is 9.99. The minimum Gasteiger partial charge on any atom is -0.308 e. The van der Waals surface area contributed by atoms with Crippen molar-refractivity contribution in [3.63, 3.8) is 0 Å². The number of hydrogen-bond acceptors (Lipinski definition) is 0. The van der Waals surface area contributed by atoms with Crippen molar-refractivity contribution in [3.8, 4) is 67.0 Å². The van der Waals surface area contributed by atoms with Gasteiger partial charge in [0.15, 0.2) is 5.69 Å². The summed E-state index contributed by atoms with van der Waals surface area (Å²) in [5.41, 5.74) is 12.4. The van der Waals surface area contributed by atoms with Gasteiger partial charge in [-0.15, -0.1) is 0 Å². The third-order valence-electron chi connectivity index (χ3n) is 13.2. The van der Waals surface area contributed by atoms with Crippen molar-refractivity contribution in [2.75, 3.05) is 0 Å². The van der Waals surface area contributed by atoms with E-state index in [-0.39, 0.29) is 16.8 Å². The van der Waals surface area contributed by atoms with Gasteiger partial charge in [0.1, 0.15) is 0 Å². The molecular formula is C62H38F3N3. The molecule has 3 nitrogen and oxygen atoms in total. The lowest BCUT2D eigenvalue weighted by atomic mass is 9.96. The minimum atomic E-state index is -4.68. The molecule has 6 heteroatoms. The molecule has 0 fully saturated rings. The molecule has 0 spiro atoms. The summed E-state index contributed by atoms with van der Waals surface area (Å²) in [5, 5.41) is 3.97. The van der Waals surface area contributed by atoms with Gasteiger partial charge in [-0.05, 0) is 98.1 Å². The van der Waals surface area contributed by atoms with E-state index in [0.717, 1.165) is 94.2 Å². The molecule has 0 N–H and O–H groups in total. The maximum absolute atomic E-state index is 15.1. The standard InChI is InChI=1S/C62H38F3N3/c1-66-55-39-61(68-58-36-46(42-20-10-4-11-21-42)28-32-51(58)52-33-29-47(37-59(52)68)43-22-12-5-13-23-43)60(38-53(55)48-24-14-15-25-54(48)62(63,64)65)67-56-34-44(40-16-6-2-7-17-40)26-30-49(56)50-31-27-45(35-57(50)67)41-18-8-3-9-19-41/h2-39H. The summed E-state index contributed by atoms with van der Waals surface area (Å²) in [5.74, 6) is 0. The van der Waals surface area contributed by atoms with E-state index >= 15 is 13.2 Å². The average Bonchev–Trinajstić information content (AvgIpc) is 3.90. The van der Waals surface area contributed by atoms with Crippen molar-refractivity contribution in [1.82, 2.24) is 9.13 Å². The SMILES string of the molecule is [C-]#[N+]c1cc(-n2c3cc(-c4ccccc4)ccc3c3ccc(-c4ccccc4)cc32)c(-n2c3cc(-c4ccccc4)ccc3c3ccc(-c4ccccc4)cc32)cc1-c1ccccc1C(F)(F)F. The Morgan fingerprint density at radius 2 is 0.647 bits per heavy atom. The van der Waals surface area contributed by atoms with Crippen LogP contribution in [0.1, 0.15) is 5.56 Å². The van der Waals surface area contributed by atoms with Gasteiger partial charge < -0.3 is 9.13 Å². The third kappa shape index (κ3) is 6.83. The molecule has 0 atom stereocenters. The van der Waals surface area contributed by atoms with Crippen molar-refractivity contribution >= 4 is 49.3 Å². The topological polar surface area (TPSA) is 14.2 Å². The Morgan fingerprint density at radius 1 is 0.324 bits per heavy atom. The summed E-state index contributed by atoms with van der Waals surface area (Å²) in [7, 11) is 0. The molecule has 0 unspecified atom stereocenters. The van der Waals surface area contributed by atoms with Crippen LogP contribution < -0.4 is 0 Å². The van der Waals surface area contributed by atoms with Gasteiger partial charge in [0, 0.05) is 21.5 Å². The molecular weight excluding hydrogens is 844 g/mol. The second-order valence-electron chi connectivity index (χ2n) is 17.1. The van der Waals surface area contributed by atoms with E-state index in [1.54, 1.807) is 12.1 Å². The van der Waals surface area contributed by atoms with E-state index in [1.807, 2.05) is 78.9 Å². The average molecular weight is 882 g/mol. The van der Waals surface area contributed by atoms with Crippen LogP contribution in [0.5, 0.6) is 0 Å². The molecule has 0 aliphatic carbocycles. The molecule has 0 bridgehead atoms. The highest BCUT2D eigenvalue weighted by atomic mass is 19.4. The van der Waals surface area contributed by atoms with E-state index in [1.165, 1.54) is 12.1 Å². The van der Waals surface area contributed by atoms with Gasteiger partial charge in [0.25, 0.3) is 0 Å². The summed E-state index contributed by atoms with van der Waals surface area (Å²) >= 11 is 0. The second kappa shape index (κ2) is 16.2. The summed E-state index contributed by atoms with van der Waals surface area (Å²) in [6, 6.07) is 75.9. The highest BCUT2D eigenvalue weighted by Crippen LogP contribution is 2.47. The molecule has 68 heavy (non-hydrogen) atoms. The zero-order chi connectivity index (χ0) is 45.9. The number of alkyl halides is 3. The summed E-state index contributed by atoms with van der Waals surface area (Å²) < 4.78 is 49.7. The number of aromatic nitrogens is 2. The monoisotopic (exact) mass is 881 g/mol. The van der Waals surface area contributed by atoms with Gasteiger partial charge in [-0.1, -0.05) is 188 Å². The number of nitrogens with zero attached hydrogens (tertiary/aromatic N) is 3. The maximum Gasteiger partial charge on any atom is 0.416 e. The van der Waals surface area contributed by atoms with Gasteiger partial charge in [-0.25, -0.2) is 4.85 Å². The quantitative estimate of drug-likeness (QED) is 0.142. The van der Waals surface area contributed by atoms with E-state index in [0.29, 0.717) is 11.4 Å². The van der Waals surface area contributed by atoms with Crippen LogP contribution in [0.2, 0.25) is 0 Å². The molecule has 10 aromatic carbocycles. The number of fused-ring (bicyclic) bond motifs is 6. The molecule has 0 aliphatic heterocycles. The van der Waals surface area contributed by atoms with Gasteiger partial charge in [0.2, 0.25) is 0 Å². The van der Waals surface area contributed by atoms with Crippen LogP contribution >= 0.6 is 0 Å². The third-order valence-corrected chi connectivity index (χ3v) is 13.2. The number of halogens is 3. The summed E-state index contributed by atoms with van der Waals surface area (Å²) in [4.78, 5) is 4.05. The first kappa shape index (κ1) is 40.6. The van der Waals surface area contributed by atoms with Crippen molar-refractivity contribution in [2.45, 2.75) is 6.18 Å². The fourth-order valence-corrected chi connectivity index (χ4v) is 9.99.